The Morgan fingerprint density at radius 1 is 1.63 bits per heavy atom. The molecule has 1 amide bonds. The van der Waals surface area contributed by atoms with E-state index in [0.29, 0.717) is 13.1 Å². The topological polar surface area (TPSA) is 107 Å². The molecular weight excluding hydrogens is 250 g/mol. The Kier molecular flexibility index (Phi) is 4.10. The van der Waals surface area contributed by atoms with Crippen LogP contribution in [0.4, 0.5) is 5.69 Å². The third kappa shape index (κ3) is 3.08. The number of nitrogens with zero attached hydrogens (tertiary/aromatic N) is 4. The van der Waals surface area contributed by atoms with Crippen LogP contribution in [0.15, 0.2) is 12.4 Å². The van der Waals surface area contributed by atoms with E-state index in [2.05, 4.69) is 5.10 Å². The van der Waals surface area contributed by atoms with Crippen LogP contribution in [0.5, 0.6) is 0 Å². The minimum absolute atomic E-state index is 0.0334. The quantitative estimate of drug-likeness (QED) is 0.602. The fourth-order valence-corrected chi connectivity index (χ4v) is 2.33. The van der Waals surface area contributed by atoms with Crippen LogP contribution in [0.1, 0.15) is 19.3 Å². The Hall–Kier alpha value is -1.96. The fourth-order valence-electron chi connectivity index (χ4n) is 2.33. The molecule has 1 saturated heterocycles. The summed E-state index contributed by atoms with van der Waals surface area (Å²) in [6.07, 6.45) is 4.74. The number of carbonyl (C=O) groups is 1. The summed E-state index contributed by atoms with van der Waals surface area (Å²) in [5.41, 5.74) is 5.56. The number of aryl methyl sites for hydroxylation is 1. The second kappa shape index (κ2) is 5.79. The van der Waals surface area contributed by atoms with Crippen LogP contribution in [-0.2, 0) is 11.3 Å². The van der Waals surface area contributed by atoms with E-state index in [9.17, 15) is 14.9 Å². The van der Waals surface area contributed by atoms with Crippen LogP contribution in [-0.4, -0.2) is 44.6 Å². The zero-order valence-corrected chi connectivity index (χ0v) is 10.6. The number of carbonyl (C=O) groups excluding carboxylic acids is 1. The Morgan fingerprint density at radius 3 is 3.05 bits per heavy atom. The summed E-state index contributed by atoms with van der Waals surface area (Å²) in [5.74, 6) is 0.0334. The molecule has 2 heterocycles. The van der Waals surface area contributed by atoms with Crippen molar-refractivity contribution >= 4 is 11.6 Å². The van der Waals surface area contributed by atoms with E-state index in [1.54, 1.807) is 4.90 Å². The lowest BCUT2D eigenvalue weighted by Crippen LogP contribution is -2.40. The van der Waals surface area contributed by atoms with E-state index in [0.717, 1.165) is 19.4 Å². The van der Waals surface area contributed by atoms with E-state index in [4.69, 9.17) is 5.73 Å². The third-order valence-electron chi connectivity index (χ3n) is 3.35. The largest absolute Gasteiger partial charge is 0.338 e. The van der Waals surface area contributed by atoms with Gasteiger partial charge in [0.05, 0.1) is 4.92 Å². The standard InChI is InChI=1S/C11H17N5O3/c12-6-9-2-1-4-15(9)11(17)3-5-14-8-10(7-13-14)16(18)19/h7-9H,1-6,12H2. The molecule has 1 atom stereocenters. The lowest BCUT2D eigenvalue weighted by molar-refractivity contribution is -0.385. The van der Waals surface area contributed by atoms with Crippen LogP contribution < -0.4 is 5.73 Å². The number of amides is 1. The number of hydrogen-bond acceptors (Lipinski definition) is 5. The van der Waals surface area contributed by atoms with Gasteiger partial charge >= 0.3 is 5.69 Å². The number of nitrogens with two attached hydrogens (primary N) is 1. The van der Waals surface area contributed by atoms with Crippen molar-refractivity contribution in [3.8, 4) is 0 Å². The second-order valence-electron chi connectivity index (χ2n) is 4.59. The molecule has 104 valence electrons. The molecule has 1 unspecified atom stereocenters. The SMILES string of the molecule is NCC1CCCN1C(=O)CCn1cc([N+](=O)[O-])cn1. The number of likely N-dealkylation sites (tertiary alicyclic amines) is 1. The fraction of sp³-hybridized carbons (Fsp3) is 0.636. The molecular formula is C11H17N5O3. The molecule has 2 rings (SSSR count). The highest BCUT2D eigenvalue weighted by Crippen LogP contribution is 2.17. The van der Waals surface area contributed by atoms with E-state index >= 15 is 0 Å². The molecule has 0 aromatic carbocycles. The monoisotopic (exact) mass is 267 g/mol. The summed E-state index contributed by atoms with van der Waals surface area (Å²) in [7, 11) is 0. The molecule has 19 heavy (non-hydrogen) atoms. The Labute approximate surface area is 110 Å². The third-order valence-corrected chi connectivity index (χ3v) is 3.35. The zero-order chi connectivity index (χ0) is 13.8. The van der Waals surface area contributed by atoms with Gasteiger partial charge in [-0.1, -0.05) is 0 Å². The average Bonchev–Trinajstić information content (AvgIpc) is 3.04. The molecule has 0 spiro atoms. The van der Waals surface area contributed by atoms with Gasteiger partial charge in [-0.25, -0.2) is 0 Å². The molecule has 1 aromatic heterocycles. The number of hydrogen-bond donors (Lipinski definition) is 1. The number of nitro groups is 1. The predicted molar refractivity (Wildman–Crippen MR) is 67.3 cm³/mol. The molecule has 0 radical (unpaired) electrons. The van der Waals surface area contributed by atoms with Crippen LogP contribution in [0.3, 0.4) is 0 Å². The molecule has 8 heteroatoms. The van der Waals surface area contributed by atoms with E-state index in [1.807, 2.05) is 0 Å². The molecule has 2 N–H and O–H groups in total. The summed E-state index contributed by atoms with van der Waals surface area (Å²) in [6.45, 7) is 1.58. The Balaban J connectivity index is 1.87. The summed E-state index contributed by atoms with van der Waals surface area (Å²) in [4.78, 5) is 23.8. The number of aromatic nitrogens is 2. The van der Waals surface area contributed by atoms with E-state index < -0.39 is 4.92 Å². The summed E-state index contributed by atoms with van der Waals surface area (Å²) >= 11 is 0. The van der Waals surface area contributed by atoms with Crippen LogP contribution in [0.2, 0.25) is 0 Å². The van der Waals surface area contributed by atoms with Crippen molar-refractivity contribution in [2.24, 2.45) is 5.73 Å². The van der Waals surface area contributed by atoms with E-state index in [-0.39, 0.29) is 24.1 Å². The molecule has 1 aliphatic rings. The van der Waals surface area contributed by atoms with Crippen molar-refractivity contribution in [2.75, 3.05) is 13.1 Å². The normalized spacial score (nSPS) is 18.8. The second-order valence-corrected chi connectivity index (χ2v) is 4.59. The summed E-state index contributed by atoms with van der Waals surface area (Å²) in [5, 5.41) is 14.4. The molecule has 8 nitrogen and oxygen atoms in total. The van der Waals surface area contributed by atoms with Crippen LogP contribution in [0.25, 0.3) is 0 Å². The van der Waals surface area contributed by atoms with Crippen molar-refractivity contribution in [3.63, 3.8) is 0 Å². The number of rotatable bonds is 5. The predicted octanol–water partition coefficient (Wildman–Crippen LogP) is 0.131. The molecule has 1 aliphatic heterocycles. The highest BCUT2D eigenvalue weighted by atomic mass is 16.6. The van der Waals surface area contributed by atoms with Gasteiger partial charge in [-0.05, 0) is 12.8 Å². The van der Waals surface area contributed by atoms with Crippen LogP contribution >= 0.6 is 0 Å². The van der Waals surface area contributed by atoms with Crippen molar-refractivity contribution < 1.29 is 9.72 Å². The van der Waals surface area contributed by atoms with Gasteiger partial charge in [0.15, 0.2) is 0 Å². The summed E-state index contributed by atoms with van der Waals surface area (Å²) in [6, 6.07) is 0.138. The first-order valence-electron chi connectivity index (χ1n) is 6.28. The van der Waals surface area contributed by atoms with Gasteiger partial charge < -0.3 is 10.6 Å². The van der Waals surface area contributed by atoms with Gasteiger partial charge in [-0.3, -0.25) is 19.6 Å². The van der Waals surface area contributed by atoms with Crippen molar-refractivity contribution in [1.82, 2.24) is 14.7 Å². The Bertz CT molecular complexity index is 473. The molecule has 0 aliphatic carbocycles. The smallest absolute Gasteiger partial charge is 0.306 e. The first kappa shape index (κ1) is 13.5. The zero-order valence-electron chi connectivity index (χ0n) is 10.6. The van der Waals surface area contributed by atoms with Gasteiger partial charge in [-0.2, -0.15) is 5.10 Å². The highest BCUT2D eigenvalue weighted by Gasteiger charge is 2.27. The highest BCUT2D eigenvalue weighted by molar-refractivity contribution is 5.76. The van der Waals surface area contributed by atoms with Gasteiger partial charge in [-0.15, -0.1) is 0 Å². The maximum atomic E-state index is 12.0. The molecule has 1 fully saturated rings. The van der Waals surface area contributed by atoms with Gasteiger partial charge in [0, 0.05) is 32.1 Å². The lowest BCUT2D eigenvalue weighted by Gasteiger charge is -2.23. The molecule has 0 saturated carbocycles. The van der Waals surface area contributed by atoms with Crippen molar-refractivity contribution in [3.05, 3.63) is 22.5 Å². The molecule has 1 aromatic rings. The summed E-state index contributed by atoms with van der Waals surface area (Å²) < 4.78 is 1.42. The first-order valence-corrected chi connectivity index (χ1v) is 6.28. The van der Waals surface area contributed by atoms with Gasteiger partial charge in [0.2, 0.25) is 5.91 Å². The lowest BCUT2D eigenvalue weighted by atomic mass is 10.2. The van der Waals surface area contributed by atoms with E-state index in [1.165, 1.54) is 17.1 Å². The van der Waals surface area contributed by atoms with Crippen LogP contribution in [0, 0.1) is 10.1 Å². The first-order chi connectivity index (χ1) is 9.11. The Morgan fingerprint density at radius 2 is 2.42 bits per heavy atom. The van der Waals surface area contributed by atoms with Crippen molar-refractivity contribution in [1.29, 1.82) is 0 Å². The van der Waals surface area contributed by atoms with Gasteiger partial charge in [0.25, 0.3) is 0 Å². The molecule has 0 bridgehead atoms. The maximum absolute atomic E-state index is 12.0. The minimum Gasteiger partial charge on any atom is -0.338 e. The van der Waals surface area contributed by atoms with Crippen molar-refractivity contribution in [2.45, 2.75) is 31.8 Å². The minimum atomic E-state index is -0.504. The van der Waals surface area contributed by atoms with Gasteiger partial charge in [0.1, 0.15) is 12.4 Å². The average molecular weight is 267 g/mol. The maximum Gasteiger partial charge on any atom is 0.306 e.